The molecule has 1 aromatic carbocycles. The van der Waals surface area contributed by atoms with Crippen LogP contribution in [-0.2, 0) is 6.42 Å². The summed E-state index contributed by atoms with van der Waals surface area (Å²) in [4.78, 5) is 10.5. The normalized spacial score (nSPS) is 9.83. The van der Waals surface area contributed by atoms with Crippen molar-refractivity contribution < 1.29 is 4.79 Å². The van der Waals surface area contributed by atoms with Gasteiger partial charge in [-0.05, 0) is 40.0 Å². The predicted molar refractivity (Wildman–Crippen MR) is 53.3 cm³/mol. The van der Waals surface area contributed by atoms with Crippen LogP contribution in [0.3, 0.4) is 0 Å². The van der Waals surface area contributed by atoms with E-state index >= 15 is 0 Å². The molecule has 0 saturated heterocycles. The topological polar surface area (TPSA) is 43.1 Å². The van der Waals surface area contributed by atoms with E-state index < -0.39 is 0 Å². The van der Waals surface area contributed by atoms with Gasteiger partial charge in [0.15, 0.2) is 0 Å². The van der Waals surface area contributed by atoms with Gasteiger partial charge in [0.05, 0.1) is 0 Å². The number of aryl methyl sites for hydroxylation is 1. The molecule has 0 aliphatic carbocycles. The molecular weight excluding hydrogens is 218 g/mol. The fourth-order valence-electron chi connectivity index (χ4n) is 1.06. The van der Waals surface area contributed by atoms with Crippen molar-refractivity contribution in [1.82, 2.24) is 0 Å². The van der Waals surface area contributed by atoms with Gasteiger partial charge in [-0.15, -0.1) is 0 Å². The molecule has 0 heterocycles. The first-order valence-electron chi connectivity index (χ1n) is 3.72. The number of nitrogens with two attached hydrogens (primary N) is 1. The minimum absolute atomic E-state index is 0.660. The van der Waals surface area contributed by atoms with Crippen LogP contribution in [-0.4, -0.2) is 6.29 Å². The molecular formula is C9H10BrNO. The molecule has 0 atom stereocenters. The number of halogens is 1. The van der Waals surface area contributed by atoms with Crippen molar-refractivity contribution in [2.24, 2.45) is 0 Å². The Morgan fingerprint density at radius 2 is 2.25 bits per heavy atom. The molecule has 0 spiro atoms. The van der Waals surface area contributed by atoms with E-state index in [9.17, 15) is 4.79 Å². The van der Waals surface area contributed by atoms with Crippen LogP contribution in [0.5, 0.6) is 0 Å². The lowest BCUT2D eigenvalue weighted by Gasteiger charge is -2.05. The number of benzene rings is 1. The summed E-state index contributed by atoms with van der Waals surface area (Å²) in [6, 6.07) is 3.54. The maximum atomic E-state index is 10.5. The number of carbonyl (C=O) groups is 1. The summed E-state index contributed by atoms with van der Waals surface area (Å²) in [7, 11) is 0. The molecule has 2 N–H and O–H groups in total. The zero-order valence-corrected chi connectivity index (χ0v) is 8.39. The molecule has 0 aromatic heterocycles. The Balaban J connectivity index is 3.28. The van der Waals surface area contributed by atoms with Gasteiger partial charge in [0.2, 0.25) is 0 Å². The molecule has 1 aromatic rings. The van der Waals surface area contributed by atoms with Crippen LogP contribution in [0.4, 0.5) is 5.69 Å². The summed E-state index contributed by atoms with van der Waals surface area (Å²) < 4.78 is 0.795. The monoisotopic (exact) mass is 227 g/mol. The first-order valence-corrected chi connectivity index (χ1v) is 4.51. The molecule has 2 nitrogen and oxygen atoms in total. The third-order valence-corrected chi connectivity index (χ3v) is 2.41. The molecule has 0 bridgehead atoms. The molecule has 0 aliphatic heterocycles. The van der Waals surface area contributed by atoms with Gasteiger partial charge in [-0.2, -0.15) is 0 Å². The second-order valence-electron chi connectivity index (χ2n) is 2.55. The lowest BCUT2D eigenvalue weighted by Crippen LogP contribution is -1.96. The lowest BCUT2D eigenvalue weighted by molar-refractivity contribution is 0.112. The van der Waals surface area contributed by atoms with E-state index in [-0.39, 0.29) is 0 Å². The smallest absolute Gasteiger partial charge is 0.150 e. The van der Waals surface area contributed by atoms with Gasteiger partial charge in [0.1, 0.15) is 6.29 Å². The van der Waals surface area contributed by atoms with E-state index in [2.05, 4.69) is 15.9 Å². The van der Waals surface area contributed by atoms with Gasteiger partial charge >= 0.3 is 0 Å². The number of hydrogen-bond donors (Lipinski definition) is 1. The molecule has 12 heavy (non-hydrogen) atoms. The van der Waals surface area contributed by atoms with E-state index in [1.807, 2.05) is 13.0 Å². The zero-order valence-electron chi connectivity index (χ0n) is 6.80. The zero-order chi connectivity index (χ0) is 9.14. The molecule has 0 unspecified atom stereocenters. The van der Waals surface area contributed by atoms with Crippen LogP contribution in [0.25, 0.3) is 0 Å². The standard InChI is InChI=1S/C9H10BrNO/c1-2-7-3-6(5-12)4-8(10)9(7)11/h3-5H,2,11H2,1H3. The number of nitrogen functional groups attached to an aromatic ring is 1. The molecule has 0 fully saturated rings. The number of rotatable bonds is 2. The van der Waals surface area contributed by atoms with Crippen LogP contribution in [0, 0.1) is 0 Å². The van der Waals surface area contributed by atoms with Crippen molar-refractivity contribution in [3.63, 3.8) is 0 Å². The van der Waals surface area contributed by atoms with Crippen molar-refractivity contribution in [3.05, 3.63) is 27.7 Å². The Kier molecular flexibility index (Phi) is 2.87. The Labute approximate surface area is 79.9 Å². The highest BCUT2D eigenvalue weighted by Crippen LogP contribution is 2.25. The van der Waals surface area contributed by atoms with Crippen molar-refractivity contribution in [2.45, 2.75) is 13.3 Å². The number of aldehydes is 1. The first-order chi connectivity index (χ1) is 5.69. The number of anilines is 1. The molecule has 64 valence electrons. The maximum Gasteiger partial charge on any atom is 0.150 e. The summed E-state index contributed by atoms with van der Waals surface area (Å²) in [6.45, 7) is 2.01. The fraction of sp³-hybridized carbons (Fsp3) is 0.222. The highest BCUT2D eigenvalue weighted by molar-refractivity contribution is 9.10. The lowest BCUT2D eigenvalue weighted by atomic mass is 10.1. The predicted octanol–water partition coefficient (Wildman–Crippen LogP) is 2.41. The van der Waals surface area contributed by atoms with E-state index in [1.54, 1.807) is 6.07 Å². The highest BCUT2D eigenvalue weighted by Gasteiger charge is 2.03. The summed E-state index contributed by atoms with van der Waals surface area (Å²) in [5.41, 5.74) is 8.15. The third kappa shape index (κ3) is 1.67. The Hall–Kier alpha value is -0.830. The van der Waals surface area contributed by atoms with E-state index in [0.29, 0.717) is 5.56 Å². The van der Waals surface area contributed by atoms with Crippen molar-refractivity contribution in [3.8, 4) is 0 Å². The summed E-state index contributed by atoms with van der Waals surface area (Å²) in [6.07, 6.45) is 1.66. The van der Waals surface area contributed by atoms with E-state index in [4.69, 9.17) is 5.73 Å². The van der Waals surface area contributed by atoms with Crippen molar-refractivity contribution in [2.75, 3.05) is 5.73 Å². The summed E-state index contributed by atoms with van der Waals surface area (Å²) in [5.74, 6) is 0. The third-order valence-electron chi connectivity index (χ3n) is 1.75. The maximum absolute atomic E-state index is 10.5. The van der Waals surface area contributed by atoms with Gasteiger partial charge in [-0.1, -0.05) is 6.92 Å². The van der Waals surface area contributed by atoms with Crippen LogP contribution >= 0.6 is 15.9 Å². The van der Waals surface area contributed by atoms with Crippen LogP contribution < -0.4 is 5.73 Å². The SMILES string of the molecule is CCc1cc(C=O)cc(Br)c1N. The Morgan fingerprint density at radius 3 is 2.75 bits per heavy atom. The molecule has 0 saturated carbocycles. The van der Waals surface area contributed by atoms with Crippen molar-refractivity contribution in [1.29, 1.82) is 0 Å². The average Bonchev–Trinajstić information content (AvgIpc) is 2.09. The van der Waals surface area contributed by atoms with Gasteiger partial charge in [-0.25, -0.2) is 0 Å². The van der Waals surface area contributed by atoms with E-state index in [0.717, 1.165) is 28.4 Å². The fourth-order valence-corrected chi connectivity index (χ4v) is 1.58. The largest absolute Gasteiger partial charge is 0.398 e. The minimum Gasteiger partial charge on any atom is -0.398 e. The van der Waals surface area contributed by atoms with Gasteiger partial charge in [0.25, 0.3) is 0 Å². The second kappa shape index (κ2) is 3.72. The van der Waals surface area contributed by atoms with Gasteiger partial charge in [-0.3, -0.25) is 4.79 Å². The van der Waals surface area contributed by atoms with Crippen LogP contribution in [0.15, 0.2) is 16.6 Å². The van der Waals surface area contributed by atoms with Gasteiger partial charge < -0.3 is 5.73 Å². The minimum atomic E-state index is 0.660. The average molecular weight is 228 g/mol. The highest BCUT2D eigenvalue weighted by atomic mass is 79.9. The number of carbonyl (C=O) groups excluding carboxylic acids is 1. The second-order valence-corrected chi connectivity index (χ2v) is 3.40. The van der Waals surface area contributed by atoms with Crippen LogP contribution in [0.2, 0.25) is 0 Å². The molecule has 0 aliphatic rings. The quantitative estimate of drug-likeness (QED) is 0.623. The Morgan fingerprint density at radius 1 is 1.58 bits per heavy atom. The molecule has 3 heteroatoms. The molecule has 1 rings (SSSR count). The number of hydrogen-bond acceptors (Lipinski definition) is 2. The molecule has 0 radical (unpaired) electrons. The first kappa shape index (κ1) is 9.26. The van der Waals surface area contributed by atoms with Crippen molar-refractivity contribution >= 4 is 27.9 Å². The summed E-state index contributed by atoms with van der Waals surface area (Å²) in [5, 5.41) is 0. The van der Waals surface area contributed by atoms with E-state index in [1.165, 1.54) is 0 Å². The summed E-state index contributed by atoms with van der Waals surface area (Å²) >= 11 is 3.29. The molecule has 0 amide bonds. The van der Waals surface area contributed by atoms with Crippen LogP contribution in [0.1, 0.15) is 22.8 Å². The Bertz CT molecular complexity index is 310. The van der Waals surface area contributed by atoms with Gasteiger partial charge in [0, 0.05) is 15.7 Å².